The number of rotatable bonds is 2. The van der Waals surface area contributed by atoms with Crippen LogP contribution in [0.5, 0.6) is 0 Å². The topological polar surface area (TPSA) is 43.1 Å². The van der Waals surface area contributed by atoms with Crippen molar-refractivity contribution in [2.75, 3.05) is 0 Å². The van der Waals surface area contributed by atoms with Gasteiger partial charge >= 0.3 is 0 Å². The standard InChI is InChI=1S/C14H10BrClN4/c15-12-3-1-2-10(18-12)11-6-13(16)20-14(19-11)9(7-17-20)8-4-5-8/h1-3,6-8H,4-5H2. The van der Waals surface area contributed by atoms with E-state index in [1.165, 1.54) is 18.4 Å². The molecular weight excluding hydrogens is 340 g/mol. The number of hydrogen-bond acceptors (Lipinski definition) is 3. The summed E-state index contributed by atoms with van der Waals surface area (Å²) >= 11 is 9.69. The van der Waals surface area contributed by atoms with Crippen LogP contribution >= 0.6 is 27.5 Å². The highest BCUT2D eigenvalue weighted by molar-refractivity contribution is 9.10. The van der Waals surface area contributed by atoms with Crippen LogP contribution < -0.4 is 0 Å². The van der Waals surface area contributed by atoms with Gasteiger partial charge in [0, 0.05) is 11.6 Å². The summed E-state index contributed by atoms with van der Waals surface area (Å²) < 4.78 is 2.47. The van der Waals surface area contributed by atoms with Crippen molar-refractivity contribution in [3.63, 3.8) is 0 Å². The molecule has 1 aliphatic carbocycles. The van der Waals surface area contributed by atoms with Crippen molar-refractivity contribution in [1.82, 2.24) is 19.6 Å². The van der Waals surface area contributed by atoms with Gasteiger partial charge in [-0.05, 0) is 46.8 Å². The molecule has 0 saturated heterocycles. The molecule has 100 valence electrons. The predicted molar refractivity (Wildman–Crippen MR) is 80.9 cm³/mol. The summed E-state index contributed by atoms with van der Waals surface area (Å²) in [7, 11) is 0. The zero-order valence-corrected chi connectivity index (χ0v) is 12.8. The quantitative estimate of drug-likeness (QED) is 0.517. The highest BCUT2D eigenvalue weighted by Gasteiger charge is 2.28. The monoisotopic (exact) mass is 348 g/mol. The fraction of sp³-hybridized carbons (Fsp3) is 0.214. The third-order valence-electron chi connectivity index (χ3n) is 3.45. The van der Waals surface area contributed by atoms with Gasteiger partial charge in [-0.2, -0.15) is 5.10 Å². The van der Waals surface area contributed by atoms with Gasteiger partial charge < -0.3 is 0 Å². The number of hydrogen-bond donors (Lipinski definition) is 0. The van der Waals surface area contributed by atoms with Crippen LogP contribution in [0.25, 0.3) is 17.0 Å². The molecule has 0 atom stereocenters. The smallest absolute Gasteiger partial charge is 0.160 e. The van der Waals surface area contributed by atoms with Crippen LogP contribution in [-0.4, -0.2) is 19.6 Å². The first kappa shape index (κ1) is 12.3. The van der Waals surface area contributed by atoms with E-state index < -0.39 is 0 Å². The molecule has 0 spiro atoms. The normalized spacial score (nSPS) is 14.9. The molecule has 1 aliphatic rings. The highest BCUT2D eigenvalue weighted by Crippen LogP contribution is 2.42. The number of pyridine rings is 1. The number of aromatic nitrogens is 4. The summed E-state index contributed by atoms with van der Waals surface area (Å²) in [5, 5.41) is 4.88. The van der Waals surface area contributed by atoms with E-state index in [9.17, 15) is 0 Å². The van der Waals surface area contributed by atoms with Crippen LogP contribution in [0, 0.1) is 0 Å². The molecule has 0 aromatic carbocycles. The first-order chi connectivity index (χ1) is 9.72. The fourth-order valence-corrected chi connectivity index (χ4v) is 2.88. The Hall–Kier alpha value is -1.46. The lowest BCUT2D eigenvalue weighted by Crippen LogP contribution is -1.97. The van der Waals surface area contributed by atoms with Gasteiger partial charge in [0.1, 0.15) is 9.76 Å². The van der Waals surface area contributed by atoms with Crippen LogP contribution in [0.15, 0.2) is 35.1 Å². The van der Waals surface area contributed by atoms with Gasteiger partial charge in [0.2, 0.25) is 0 Å². The largest absolute Gasteiger partial charge is 0.239 e. The van der Waals surface area contributed by atoms with Crippen molar-refractivity contribution in [3.8, 4) is 11.4 Å². The zero-order valence-electron chi connectivity index (χ0n) is 10.4. The van der Waals surface area contributed by atoms with Crippen LogP contribution in [0.4, 0.5) is 0 Å². The minimum atomic E-state index is 0.554. The second kappa shape index (κ2) is 4.53. The van der Waals surface area contributed by atoms with Gasteiger partial charge in [-0.3, -0.25) is 0 Å². The summed E-state index contributed by atoms with van der Waals surface area (Å²) in [5.74, 6) is 0.585. The average Bonchev–Trinajstić information content (AvgIpc) is 3.18. The van der Waals surface area contributed by atoms with Crippen LogP contribution in [0.3, 0.4) is 0 Å². The minimum Gasteiger partial charge on any atom is -0.239 e. The van der Waals surface area contributed by atoms with Crippen molar-refractivity contribution in [2.24, 2.45) is 0 Å². The SMILES string of the molecule is Clc1cc(-c2cccc(Br)n2)nc2c(C3CC3)cnn12. The molecule has 0 bridgehead atoms. The van der Waals surface area contributed by atoms with E-state index in [2.05, 4.69) is 26.0 Å². The van der Waals surface area contributed by atoms with Crippen molar-refractivity contribution in [2.45, 2.75) is 18.8 Å². The molecule has 6 heteroatoms. The Balaban J connectivity index is 1.94. The van der Waals surface area contributed by atoms with Crippen molar-refractivity contribution in [1.29, 1.82) is 0 Å². The number of halogens is 2. The summed E-state index contributed by atoms with van der Waals surface area (Å²) in [6.07, 6.45) is 4.30. The maximum atomic E-state index is 6.31. The van der Waals surface area contributed by atoms with E-state index >= 15 is 0 Å². The lowest BCUT2D eigenvalue weighted by Gasteiger charge is -2.04. The molecule has 0 amide bonds. The molecule has 4 rings (SSSR count). The first-order valence-electron chi connectivity index (χ1n) is 6.39. The van der Waals surface area contributed by atoms with E-state index in [1.54, 1.807) is 10.6 Å². The van der Waals surface area contributed by atoms with E-state index in [0.29, 0.717) is 11.1 Å². The van der Waals surface area contributed by atoms with Gasteiger partial charge in [-0.1, -0.05) is 17.7 Å². The van der Waals surface area contributed by atoms with E-state index in [1.807, 2.05) is 24.4 Å². The lowest BCUT2D eigenvalue weighted by molar-refractivity contribution is 0.940. The minimum absolute atomic E-state index is 0.554. The maximum absolute atomic E-state index is 6.31. The van der Waals surface area contributed by atoms with Gasteiger partial charge in [0.15, 0.2) is 5.65 Å². The third-order valence-corrected chi connectivity index (χ3v) is 4.16. The van der Waals surface area contributed by atoms with E-state index in [-0.39, 0.29) is 0 Å². The fourth-order valence-electron chi connectivity index (χ4n) is 2.31. The van der Waals surface area contributed by atoms with Gasteiger partial charge in [-0.25, -0.2) is 14.5 Å². The molecule has 0 radical (unpaired) electrons. The molecule has 3 aromatic heterocycles. The molecule has 3 aromatic rings. The summed E-state index contributed by atoms with van der Waals surface area (Å²) in [4.78, 5) is 9.13. The second-order valence-corrected chi connectivity index (χ2v) is 6.12. The van der Waals surface area contributed by atoms with Crippen LogP contribution in [0.2, 0.25) is 5.15 Å². The Kier molecular flexibility index (Phi) is 2.79. The van der Waals surface area contributed by atoms with Crippen molar-refractivity contribution >= 4 is 33.2 Å². The molecule has 0 aliphatic heterocycles. The molecule has 0 unspecified atom stereocenters. The Morgan fingerprint density at radius 3 is 2.80 bits per heavy atom. The van der Waals surface area contributed by atoms with Gasteiger partial charge in [0.25, 0.3) is 0 Å². The van der Waals surface area contributed by atoms with E-state index in [4.69, 9.17) is 16.6 Å². The van der Waals surface area contributed by atoms with Crippen molar-refractivity contribution < 1.29 is 0 Å². The highest BCUT2D eigenvalue weighted by atomic mass is 79.9. The molecule has 3 heterocycles. The Morgan fingerprint density at radius 2 is 2.05 bits per heavy atom. The second-order valence-electron chi connectivity index (χ2n) is 4.92. The molecule has 1 saturated carbocycles. The van der Waals surface area contributed by atoms with Crippen molar-refractivity contribution in [3.05, 3.63) is 45.8 Å². The zero-order chi connectivity index (χ0) is 13.7. The molecule has 4 nitrogen and oxygen atoms in total. The molecule has 20 heavy (non-hydrogen) atoms. The lowest BCUT2D eigenvalue weighted by atomic mass is 10.2. The van der Waals surface area contributed by atoms with E-state index in [0.717, 1.165) is 21.6 Å². The maximum Gasteiger partial charge on any atom is 0.160 e. The molecule has 0 N–H and O–H groups in total. The first-order valence-corrected chi connectivity index (χ1v) is 7.56. The Bertz CT molecular complexity index is 810. The predicted octanol–water partition coefficient (Wildman–Crippen LogP) is 4.08. The van der Waals surface area contributed by atoms with Crippen LogP contribution in [-0.2, 0) is 0 Å². The van der Waals surface area contributed by atoms with Gasteiger partial charge in [0.05, 0.1) is 17.6 Å². The number of fused-ring (bicyclic) bond motifs is 1. The summed E-state index contributed by atoms with van der Waals surface area (Å²) in [6.45, 7) is 0. The molecule has 1 fully saturated rings. The summed E-state index contributed by atoms with van der Waals surface area (Å²) in [5.41, 5.74) is 3.60. The summed E-state index contributed by atoms with van der Waals surface area (Å²) in [6, 6.07) is 7.54. The Morgan fingerprint density at radius 1 is 1.20 bits per heavy atom. The van der Waals surface area contributed by atoms with Crippen LogP contribution in [0.1, 0.15) is 24.3 Å². The third kappa shape index (κ3) is 2.01. The average molecular weight is 350 g/mol. The molecular formula is C14H10BrClN4. The Labute approximate surface area is 128 Å². The van der Waals surface area contributed by atoms with Gasteiger partial charge in [-0.15, -0.1) is 0 Å². The number of nitrogens with zero attached hydrogens (tertiary/aromatic N) is 4.